The lowest BCUT2D eigenvalue weighted by atomic mass is 10.2. The van der Waals surface area contributed by atoms with Gasteiger partial charge in [-0.1, -0.05) is 0 Å². The van der Waals surface area contributed by atoms with Gasteiger partial charge < -0.3 is 4.74 Å². The predicted molar refractivity (Wildman–Crippen MR) is 50.7 cm³/mol. The third-order valence-corrected chi connectivity index (χ3v) is 1.79. The summed E-state index contributed by atoms with van der Waals surface area (Å²) in [4.78, 5) is 16.2. The SMILES string of the molecule is CN=C1N=CN=C2NC(OC)=NC12. The van der Waals surface area contributed by atoms with Crippen LogP contribution in [0.15, 0.2) is 20.0 Å². The van der Waals surface area contributed by atoms with E-state index in [9.17, 15) is 0 Å². The molecule has 2 heterocycles. The minimum absolute atomic E-state index is 0.218. The zero-order valence-corrected chi connectivity index (χ0v) is 7.35. The van der Waals surface area contributed by atoms with Crippen LogP contribution in [0.1, 0.15) is 0 Å². The molecule has 2 aliphatic heterocycles. The van der Waals surface area contributed by atoms with Crippen molar-refractivity contribution in [2.45, 2.75) is 6.04 Å². The van der Waals surface area contributed by atoms with E-state index in [1.54, 1.807) is 14.2 Å². The third kappa shape index (κ3) is 1.20. The first kappa shape index (κ1) is 7.90. The Kier molecular flexibility index (Phi) is 1.80. The molecule has 0 amide bonds. The molecule has 1 N–H and O–H groups in total. The van der Waals surface area contributed by atoms with E-state index in [-0.39, 0.29) is 6.04 Å². The quantitative estimate of drug-likeness (QED) is 0.541. The molecule has 2 aliphatic rings. The Morgan fingerprint density at radius 1 is 1.62 bits per heavy atom. The van der Waals surface area contributed by atoms with Crippen LogP contribution in [0.5, 0.6) is 0 Å². The van der Waals surface area contributed by atoms with Gasteiger partial charge >= 0.3 is 0 Å². The van der Waals surface area contributed by atoms with E-state index < -0.39 is 0 Å². The van der Waals surface area contributed by atoms with Crippen LogP contribution in [-0.4, -0.2) is 44.2 Å². The van der Waals surface area contributed by atoms with Crippen molar-refractivity contribution < 1.29 is 4.74 Å². The van der Waals surface area contributed by atoms with E-state index in [1.165, 1.54) is 6.34 Å². The van der Waals surface area contributed by atoms with Crippen molar-refractivity contribution in [2.24, 2.45) is 20.0 Å². The fourth-order valence-corrected chi connectivity index (χ4v) is 1.18. The number of nitrogens with one attached hydrogen (secondary N) is 1. The lowest BCUT2D eigenvalue weighted by Crippen LogP contribution is -2.35. The molecule has 6 heteroatoms. The number of ether oxygens (including phenoxy) is 1. The van der Waals surface area contributed by atoms with Crippen molar-refractivity contribution in [3.8, 4) is 0 Å². The molecule has 1 unspecified atom stereocenters. The normalized spacial score (nSPS) is 27.8. The summed E-state index contributed by atoms with van der Waals surface area (Å²) in [5, 5.41) is 2.91. The van der Waals surface area contributed by atoms with Crippen LogP contribution < -0.4 is 5.32 Å². The van der Waals surface area contributed by atoms with Gasteiger partial charge in [-0.15, -0.1) is 0 Å². The van der Waals surface area contributed by atoms with Crippen molar-refractivity contribution in [2.75, 3.05) is 14.2 Å². The summed E-state index contributed by atoms with van der Waals surface area (Å²) in [5.74, 6) is 1.36. The van der Waals surface area contributed by atoms with Gasteiger partial charge in [0.1, 0.15) is 12.2 Å². The van der Waals surface area contributed by atoms with Gasteiger partial charge in [-0.2, -0.15) is 0 Å². The molecule has 0 aromatic heterocycles. The van der Waals surface area contributed by atoms with E-state index in [4.69, 9.17) is 4.74 Å². The van der Waals surface area contributed by atoms with Gasteiger partial charge in [-0.05, 0) is 0 Å². The van der Waals surface area contributed by atoms with Crippen LogP contribution in [0.2, 0.25) is 0 Å². The van der Waals surface area contributed by atoms with E-state index in [0.29, 0.717) is 17.7 Å². The highest BCUT2D eigenvalue weighted by Crippen LogP contribution is 2.08. The van der Waals surface area contributed by atoms with Gasteiger partial charge in [0.25, 0.3) is 6.02 Å². The van der Waals surface area contributed by atoms with Gasteiger partial charge in [0.05, 0.1) is 7.11 Å². The number of aliphatic imine (C=N–C) groups is 4. The number of rotatable bonds is 0. The summed E-state index contributed by atoms with van der Waals surface area (Å²) < 4.78 is 4.94. The number of methoxy groups -OCH3 is 1. The second-order valence-electron chi connectivity index (χ2n) is 2.51. The topological polar surface area (TPSA) is 70.7 Å². The molecule has 0 aromatic rings. The van der Waals surface area contributed by atoms with Crippen LogP contribution in [-0.2, 0) is 4.74 Å². The highest BCUT2D eigenvalue weighted by Gasteiger charge is 2.30. The van der Waals surface area contributed by atoms with Gasteiger partial charge in [0.15, 0.2) is 11.9 Å². The van der Waals surface area contributed by atoms with Crippen LogP contribution >= 0.6 is 0 Å². The number of amidine groups is 3. The zero-order chi connectivity index (χ0) is 9.26. The zero-order valence-electron chi connectivity index (χ0n) is 7.35. The second kappa shape index (κ2) is 2.96. The van der Waals surface area contributed by atoms with Crippen LogP contribution in [0, 0.1) is 0 Å². The van der Waals surface area contributed by atoms with Crippen LogP contribution in [0.3, 0.4) is 0 Å². The fraction of sp³-hybridized carbons (Fsp3) is 0.429. The van der Waals surface area contributed by atoms with Gasteiger partial charge in [0.2, 0.25) is 0 Å². The maximum atomic E-state index is 4.94. The second-order valence-corrected chi connectivity index (χ2v) is 2.51. The first-order valence-electron chi connectivity index (χ1n) is 3.81. The molecule has 0 aliphatic carbocycles. The van der Waals surface area contributed by atoms with Crippen molar-refractivity contribution >= 4 is 24.0 Å². The number of nitrogens with zero attached hydrogens (tertiary/aromatic N) is 4. The minimum atomic E-state index is -0.218. The van der Waals surface area contributed by atoms with Crippen LogP contribution in [0.25, 0.3) is 0 Å². The number of hydrogen-bond acceptors (Lipinski definition) is 5. The monoisotopic (exact) mass is 179 g/mol. The molecule has 0 spiro atoms. The summed E-state index contributed by atoms with van der Waals surface area (Å²) in [5.41, 5.74) is 0. The lowest BCUT2D eigenvalue weighted by molar-refractivity contribution is 0.391. The smallest absolute Gasteiger partial charge is 0.291 e. The summed E-state index contributed by atoms with van der Waals surface area (Å²) in [6.45, 7) is 0. The van der Waals surface area contributed by atoms with Crippen LogP contribution in [0.4, 0.5) is 0 Å². The Bertz CT molecular complexity index is 341. The predicted octanol–water partition coefficient (Wildman–Crippen LogP) is -0.571. The Morgan fingerprint density at radius 3 is 3.15 bits per heavy atom. The molecule has 0 saturated carbocycles. The molecule has 6 nitrogen and oxygen atoms in total. The van der Waals surface area contributed by atoms with Gasteiger partial charge in [-0.3, -0.25) is 10.3 Å². The van der Waals surface area contributed by atoms with Gasteiger partial charge in [-0.25, -0.2) is 15.0 Å². The maximum Gasteiger partial charge on any atom is 0.291 e. The molecule has 0 aromatic carbocycles. The average Bonchev–Trinajstić information content (AvgIpc) is 2.59. The average molecular weight is 179 g/mol. The van der Waals surface area contributed by atoms with E-state index in [0.717, 1.165) is 0 Å². The van der Waals surface area contributed by atoms with Crippen molar-refractivity contribution in [1.29, 1.82) is 0 Å². The Hall–Kier alpha value is -1.72. The molecule has 2 rings (SSSR count). The fourth-order valence-electron chi connectivity index (χ4n) is 1.18. The van der Waals surface area contributed by atoms with Crippen molar-refractivity contribution in [3.63, 3.8) is 0 Å². The Balaban J connectivity index is 2.32. The number of fused-ring (bicyclic) bond motifs is 1. The molecule has 0 radical (unpaired) electrons. The van der Waals surface area contributed by atoms with Crippen molar-refractivity contribution in [1.82, 2.24) is 5.32 Å². The summed E-state index contributed by atoms with van der Waals surface area (Å²) in [7, 11) is 3.23. The van der Waals surface area contributed by atoms with E-state index in [2.05, 4.69) is 25.3 Å². The Morgan fingerprint density at radius 2 is 2.46 bits per heavy atom. The lowest BCUT2D eigenvalue weighted by Gasteiger charge is -2.09. The highest BCUT2D eigenvalue weighted by atomic mass is 16.5. The largest absolute Gasteiger partial charge is 0.468 e. The maximum absolute atomic E-state index is 4.94. The highest BCUT2D eigenvalue weighted by molar-refractivity contribution is 6.22. The Labute approximate surface area is 75.2 Å². The molecular formula is C7H9N5O. The summed E-state index contributed by atoms with van der Waals surface area (Å²) >= 11 is 0. The van der Waals surface area contributed by atoms with E-state index in [1.807, 2.05) is 0 Å². The minimum Gasteiger partial charge on any atom is -0.468 e. The molecule has 1 atom stereocenters. The molecule has 0 fully saturated rings. The first-order chi connectivity index (χ1) is 6.35. The first-order valence-corrected chi connectivity index (χ1v) is 3.81. The number of hydrogen-bond donors (Lipinski definition) is 1. The third-order valence-electron chi connectivity index (χ3n) is 1.79. The molecule has 13 heavy (non-hydrogen) atoms. The molecule has 68 valence electrons. The standard InChI is InChI=1S/C7H9N5O/c1-8-5-4-6(10-3-9-5)12-7(11-4)13-2/h3-4H,1-2H3,(H,8,9,10,11,12). The molecule has 0 bridgehead atoms. The van der Waals surface area contributed by atoms with E-state index >= 15 is 0 Å². The molecular weight excluding hydrogens is 170 g/mol. The summed E-state index contributed by atoms with van der Waals surface area (Å²) in [6.07, 6.45) is 1.45. The summed E-state index contributed by atoms with van der Waals surface area (Å²) in [6, 6.07) is 0.236. The van der Waals surface area contributed by atoms with Gasteiger partial charge in [0, 0.05) is 7.05 Å². The van der Waals surface area contributed by atoms with Crippen molar-refractivity contribution in [3.05, 3.63) is 0 Å². The molecule has 0 saturated heterocycles.